The summed E-state index contributed by atoms with van der Waals surface area (Å²) in [6.07, 6.45) is 1.07. The topological polar surface area (TPSA) is 46.2 Å². The zero-order valence-electron chi connectivity index (χ0n) is 10.0. The van der Waals surface area contributed by atoms with Crippen molar-refractivity contribution in [3.05, 3.63) is 29.3 Å². The lowest BCUT2D eigenvalue weighted by molar-refractivity contribution is 0.459. The fourth-order valence-electron chi connectivity index (χ4n) is 1.54. The molecule has 0 aliphatic rings. The summed E-state index contributed by atoms with van der Waals surface area (Å²) in [5.41, 5.74) is 8.00. The summed E-state index contributed by atoms with van der Waals surface area (Å²) >= 11 is 0. The summed E-state index contributed by atoms with van der Waals surface area (Å²) in [7, 11) is 0. The van der Waals surface area contributed by atoms with E-state index in [9.17, 15) is 5.11 Å². The molecule has 0 heterocycles. The molecule has 3 N–H and O–H groups in total. The van der Waals surface area contributed by atoms with Gasteiger partial charge in [0.2, 0.25) is 0 Å². The number of aromatic hydroxyl groups is 1. The maximum atomic E-state index is 9.66. The van der Waals surface area contributed by atoms with Gasteiger partial charge in [-0.3, -0.25) is 0 Å². The van der Waals surface area contributed by atoms with Crippen LogP contribution in [-0.4, -0.2) is 5.11 Å². The predicted molar refractivity (Wildman–Crippen MR) is 64.0 cm³/mol. The second-order valence-corrected chi connectivity index (χ2v) is 4.80. The van der Waals surface area contributed by atoms with Crippen molar-refractivity contribution in [2.24, 2.45) is 5.73 Å². The van der Waals surface area contributed by atoms with Crippen molar-refractivity contribution in [1.29, 1.82) is 0 Å². The fourth-order valence-corrected chi connectivity index (χ4v) is 1.54. The molecule has 1 aromatic carbocycles. The Kier molecular flexibility index (Phi) is 3.40. The molecule has 1 unspecified atom stereocenters. The third-order valence-electron chi connectivity index (χ3n) is 3.18. The summed E-state index contributed by atoms with van der Waals surface area (Å²) in [6.45, 7) is 8.45. The van der Waals surface area contributed by atoms with Crippen LogP contribution in [0.2, 0.25) is 0 Å². The van der Waals surface area contributed by atoms with Gasteiger partial charge < -0.3 is 10.8 Å². The smallest absolute Gasteiger partial charge is 0.120 e. The monoisotopic (exact) mass is 207 g/mol. The van der Waals surface area contributed by atoms with Crippen LogP contribution < -0.4 is 5.73 Å². The lowest BCUT2D eigenvalue weighted by Gasteiger charge is -2.24. The molecule has 0 fully saturated rings. The maximum Gasteiger partial charge on any atom is 0.120 e. The van der Waals surface area contributed by atoms with Gasteiger partial charge in [-0.15, -0.1) is 0 Å². The fraction of sp³-hybridized carbons (Fsp3) is 0.538. The molecule has 0 bridgehead atoms. The van der Waals surface area contributed by atoms with E-state index in [1.165, 1.54) is 5.56 Å². The van der Waals surface area contributed by atoms with Gasteiger partial charge >= 0.3 is 0 Å². The number of rotatable bonds is 3. The summed E-state index contributed by atoms with van der Waals surface area (Å²) in [5.74, 6) is 0.292. The minimum absolute atomic E-state index is 0.127. The molecule has 0 saturated carbocycles. The molecule has 1 aromatic rings. The molecule has 1 atom stereocenters. The Morgan fingerprint density at radius 2 is 2.00 bits per heavy atom. The van der Waals surface area contributed by atoms with Gasteiger partial charge in [-0.25, -0.2) is 0 Å². The van der Waals surface area contributed by atoms with Crippen molar-refractivity contribution < 1.29 is 5.11 Å². The van der Waals surface area contributed by atoms with E-state index in [-0.39, 0.29) is 11.5 Å². The Bertz CT molecular complexity index is 342. The van der Waals surface area contributed by atoms with Gasteiger partial charge in [0.25, 0.3) is 0 Å². The van der Waals surface area contributed by atoms with Gasteiger partial charge in [-0.05, 0) is 30.4 Å². The second kappa shape index (κ2) is 4.23. The van der Waals surface area contributed by atoms with Crippen LogP contribution in [-0.2, 0) is 5.41 Å². The molecule has 1 rings (SSSR count). The number of benzene rings is 1. The van der Waals surface area contributed by atoms with Crippen molar-refractivity contribution in [2.45, 2.75) is 45.6 Å². The van der Waals surface area contributed by atoms with Crippen LogP contribution >= 0.6 is 0 Å². The van der Waals surface area contributed by atoms with Crippen LogP contribution in [0.5, 0.6) is 5.75 Å². The van der Waals surface area contributed by atoms with Crippen LogP contribution in [0.15, 0.2) is 18.2 Å². The average molecular weight is 207 g/mol. The van der Waals surface area contributed by atoms with E-state index in [2.05, 4.69) is 20.8 Å². The van der Waals surface area contributed by atoms with Gasteiger partial charge in [0.15, 0.2) is 0 Å². The quantitative estimate of drug-likeness (QED) is 0.800. The summed E-state index contributed by atoms with van der Waals surface area (Å²) in [4.78, 5) is 0. The Morgan fingerprint density at radius 3 is 2.47 bits per heavy atom. The van der Waals surface area contributed by atoms with Crippen LogP contribution in [0.1, 0.15) is 51.3 Å². The van der Waals surface area contributed by atoms with Gasteiger partial charge in [0, 0.05) is 11.6 Å². The molecule has 2 heteroatoms. The second-order valence-electron chi connectivity index (χ2n) is 4.80. The highest BCUT2D eigenvalue weighted by Crippen LogP contribution is 2.32. The molecule has 0 aliphatic carbocycles. The Labute approximate surface area is 92.1 Å². The molecule has 0 spiro atoms. The minimum Gasteiger partial charge on any atom is -0.508 e. The first-order valence-electron chi connectivity index (χ1n) is 5.47. The van der Waals surface area contributed by atoms with Crippen LogP contribution in [0.3, 0.4) is 0 Å². The predicted octanol–water partition coefficient (Wildman–Crippen LogP) is 3.10. The summed E-state index contributed by atoms with van der Waals surface area (Å²) in [5, 5.41) is 9.66. The van der Waals surface area contributed by atoms with E-state index >= 15 is 0 Å². The molecule has 0 saturated heterocycles. The van der Waals surface area contributed by atoms with E-state index in [1.54, 1.807) is 6.07 Å². The molecule has 0 amide bonds. The van der Waals surface area contributed by atoms with Crippen molar-refractivity contribution in [3.8, 4) is 5.75 Å². The molecule has 2 nitrogen and oxygen atoms in total. The normalized spacial score (nSPS) is 13.9. The zero-order chi connectivity index (χ0) is 11.6. The Morgan fingerprint density at radius 1 is 1.40 bits per heavy atom. The number of hydrogen-bond donors (Lipinski definition) is 2. The van der Waals surface area contributed by atoms with Crippen LogP contribution in [0, 0.1) is 0 Å². The molecular formula is C13H21NO. The third kappa shape index (κ3) is 2.51. The molecular weight excluding hydrogens is 186 g/mol. The SMILES string of the molecule is CCC(C)(C)c1ccc(O)c(C(C)N)c1. The van der Waals surface area contributed by atoms with Crippen molar-refractivity contribution >= 4 is 0 Å². The minimum atomic E-state index is -0.127. The van der Waals surface area contributed by atoms with Gasteiger partial charge in [0.05, 0.1) is 0 Å². The van der Waals surface area contributed by atoms with Crippen LogP contribution in [0.4, 0.5) is 0 Å². The zero-order valence-corrected chi connectivity index (χ0v) is 10.0. The lowest BCUT2D eigenvalue weighted by Crippen LogP contribution is -2.16. The number of phenolic OH excluding ortho intramolecular Hbond substituents is 1. The number of nitrogens with two attached hydrogens (primary N) is 1. The molecule has 0 aliphatic heterocycles. The molecule has 15 heavy (non-hydrogen) atoms. The highest BCUT2D eigenvalue weighted by atomic mass is 16.3. The van der Waals surface area contributed by atoms with E-state index in [4.69, 9.17) is 5.73 Å². The standard InChI is InChI=1S/C13H21NO/c1-5-13(3,4)10-6-7-12(15)11(8-10)9(2)14/h6-9,15H,5,14H2,1-4H3. The largest absolute Gasteiger partial charge is 0.508 e. The maximum absolute atomic E-state index is 9.66. The number of hydrogen-bond acceptors (Lipinski definition) is 2. The number of phenols is 1. The van der Waals surface area contributed by atoms with E-state index < -0.39 is 0 Å². The van der Waals surface area contributed by atoms with Crippen molar-refractivity contribution in [3.63, 3.8) is 0 Å². The van der Waals surface area contributed by atoms with Gasteiger partial charge in [-0.2, -0.15) is 0 Å². The summed E-state index contributed by atoms with van der Waals surface area (Å²) in [6, 6.07) is 5.61. The van der Waals surface area contributed by atoms with Crippen molar-refractivity contribution in [1.82, 2.24) is 0 Å². The average Bonchev–Trinajstić information content (AvgIpc) is 2.17. The van der Waals surface area contributed by atoms with E-state index in [1.807, 2.05) is 19.1 Å². The third-order valence-corrected chi connectivity index (χ3v) is 3.18. The first kappa shape index (κ1) is 12.1. The van der Waals surface area contributed by atoms with Crippen LogP contribution in [0.25, 0.3) is 0 Å². The van der Waals surface area contributed by atoms with Gasteiger partial charge in [-0.1, -0.05) is 32.9 Å². The molecule has 84 valence electrons. The summed E-state index contributed by atoms with van der Waals surface area (Å²) < 4.78 is 0. The first-order valence-corrected chi connectivity index (χ1v) is 5.47. The highest BCUT2D eigenvalue weighted by molar-refractivity contribution is 5.40. The first-order chi connectivity index (χ1) is 6.88. The van der Waals surface area contributed by atoms with Gasteiger partial charge in [0.1, 0.15) is 5.75 Å². The van der Waals surface area contributed by atoms with Crippen molar-refractivity contribution in [2.75, 3.05) is 0 Å². The Balaban J connectivity index is 3.19. The Hall–Kier alpha value is -1.02. The molecule has 0 radical (unpaired) electrons. The molecule has 0 aromatic heterocycles. The highest BCUT2D eigenvalue weighted by Gasteiger charge is 2.19. The van der Waals surface area contributed by atoms with E-state index in [0.717, 1.165) is 12.0 Å². The lowest BCUT2D eigenvalue weighted by atomic mass is 9.81. The van der Waals surface area contributed by atoms with E-state index in [0.29, 0.717) is 5.75 Å².